The monoisotopic (exact) mass is 297 g/mol. The Kier molecular flexibility index (Phi) is 2.82. The molecule has 2 heterocycles. The maximum absolute atomic E-state index is 11.7. The van der Waals surface area contributed by atoms with E-state index in [9.17, 15) is 4.79 Å². The van der Waals surface area contributed by atoms with Crippen LogP contribution >= 0.6 is 0 Å². The largest absolute Gasteiger partial charge is 0.481 e. The SMILES string of the molecule is COC(=O)c1ccc2c(c1)Oc1ccc(OC)nc1C1CC21. The summed E-state index contributed by atoms with van der Waals surface area (Å²) in [6.45, 7) is 0. The zero-order valence-corrected chi connectivity index (χ0v) is 12.3. The Bertz CT molecular complexity index is 771. The molecule has 0 bridgehead atoms. The third-order valence-electron chi connectivity index (χ3n) is 4.27. The molecule has 1 aliphatic carbocycles. The molecule has 2 aliphatic rings. The van der Waals surface area contributed by atoms with Crippen LogP contribution in [0.1, 0.15) is 39.9 Å². The molecule has 1 aliphatic heterocycles. The van der Waals surface area contributed by atoms with Crippen molar-refractivity contribution in [3.63, 3.8) is 0 Å². The van der Waals surface area contributed by atoms with E-state index in [0.29, 0.717) is 29.0 Å². The predicted octanol–water partition coefficient (Wildman–Crippen LogP) is 3.25. The summed E-state index contributed by atoms with van der Waals surface area (Å²) in [5.41, 5.74) is 2.54. The molecule has 1 aromatic heterocycles. The van der Waals surface area contributed by atoms with Gasteiger partial charge >= 0.3 is 5.97 Å². The molecule has 1 fully saturated rings. The number of carbonyl (C=O) groups is 1. The van der Waals surface area contributed by atoms with Crippen molar-refractivity contribution in [1.29, 1.82) is 0 Å². The molecule has 1 saturated carbocycles. The maximum atomic E-state index is 11.7. The van der Waals surface area contributed by atoms with E-state index in [4.69, 9.17) is 14.2 Å². The van der Waals surface area contributed by atoms with Gasteiger partial charge in [0.05, 0.1) is 25.5 Å². The fourth-order valence-corrected chi connectivity index (χ4v) is 3.04. The number of ether oxygens (including phenoxy) is 3. The quantitative estimate of drug-likeness (QED) is 0.796. The summed E-state index contributed by atoms with van der Waals surface area (Å²) in [6.07, 6.45) is 1.04. The number of hydrogen-bond donors (Lipinski definition) is 0. The highest BCUT2D eigenvalue weighted by atomic mass is 16.5. The Morgan fingerprint density at radius 1 is 1.18 bits per heavy atom. The second kappa shape index (κ2) is 4.73. The smallest absolute Gasteiger partial charge is 0.337 e. The van der Waals surface area contributed by atoms with Crippen molar-refractivity contribution in [2.75, 3.05) is 14.2 Å². The van der Waals surface area contributed by atoms with E-state index in [0.717, 1.165) is 23.4 Å². The standard InChI is InChI=1S/C17H15NO4/c1-20-15-6-5-13-16(18-15)12-8-11(12)10-4-3-9(17(19)21-2)7-14(10)22-13/h3-7,11-12H,8H2,1-2H3. The predicted molar refractivity (Wildman–Crippen MR) is 78.7 cm³/mol. The van der Waals surface area contributed by atoms with Crippen molar-refractivity contribution in [2.24, 2.45) is 0 Å². The zero-order chi connectivity index (χ0) is 15.3. The van der Waals surface area contributed by atoms with Gasteiger partial charge in [0.15, 0.2) is 0 Å². The molecule has 5 nitrogen and oxygen atoms in total. The number of hydrogen-bond acceptors (Lipinski definition) is 5. The normalized spacial score (nSPS) is 20.6. The molecule has 2 atom stereocenters. The number of methoxy groups -OCH3 is 2. The van der Waals surface area contributed by atoms with E-state index >= 15 is 0 Å². The molecule has 0 radical (unpaired) electrons. The number of fused-ring (bicyclic) bond motifs is 5. The first-order valence-electron chi connectivity index (χ1n) is 7.16. The molecule has 0 spiro atoms. The average Bonchev–Trinajstić information content (AvgIpc) is 3.34. The van der Waals surface area contributed by atoms with Gasteiger partial charge in [0.1, 0.15) is 11.5 Å². The van der Waals surface area contributed by atoms with E-state index in [1.165, 1.54) is 7.11 Å². The summed E-state index contributed by atoms with van der Waals surface area (Å²) in [5.74, 6) is 2.42. The molecular formula is C17H15NO4. The summed E-state index contributed by atoms with van der Waals surface area (Å²) < 4.78 is 16.0. The lowest BCUT2D eigenvalue weighted by molar-refractivity contribution is 0.0600. The van der Waals surface area contributed by atoms with Crippen LogP contribution < -0.4 is 9.47 Å². The lowest BCUT2D eigenvalue weighted by Gasteiger charge is -2.12. The Balaban J connectivity index is 1.79. The van der Waals surface area contributed by atoms with Crippen LogP contribution in [-0.2, 0) is 4.74 Å². The molecule has 2 aromatic rings. The van der Waals surface area contributed by atoms with E-state index < -0.39 is 0 Å². The Morgan fingerprint density at radius 3 is 2.82 bits per heavy atom. The molecule has 0 N–H and O–H groups in total. The lowest BCUT2D eigenvalue weighted by Crippen LogP contribution is -2.02. The number of rotatable bonds is 2. The highest BCUT2D eigenvalue weighted by Gasteiger charge is 2.46. The van der Waals surface area contributed by atoms with Crippen LogP contribution in [0.3, 0.4) is 0 Å². The molecule has 2 unspecified atom stereocenters. The molecule has 4 rings (SSSR count). The van der Waals surface area contributed by atoms with Crippen LogP contribution in [0, 0.1) is 0 Å². The van der Waals surface area contributed by atoms with Crippen molar-refractivity contribution in [1.82, 2.24) is 4.98 Å². The van der Waals surface area contributed by atoms with Gasteiger partial charge in [-0.2, -0.15) is 0 Å². The van der Waals surface area contributed by atoms with Crippen LogP contribution in [0.25, 0.3) is 0 Å². The number of benzene rings is 1. The van der Waals surface area contributed by atoms with Gasteiger partial charge in [-0.15, -0.1) is 0 Å². The fourth-order valence-electron chi connectivity index (χ4n) is 3.04. The van der Waals surface area contributed by atoms with Gasteiger partial charge in [-0.25, -0.2) is 9.78 Å². The van der Waals surface area contributed by atoms with Gasteiger partial charge in [0, 0.05) is 12.0 Å². The van der Waals surface area contributed by atoms with E-state index in [1.54, 1.807) is 25.3 Å². The number of aromatic nitrogens is 1. The van der Waals surface area contributed by atoms with Gasteiger partial charge in [-0.3, -0.25) is 0 Å². The van der Waals surface area contributed by atoms with Crippen LogP contribution in [0.15, 0.2) is 30.3 Å². The van der Waals surface area contributed by atoms with Crippen LogP contribution in [-0.4, -0.2) is 25.2 Å². The summed E-state index contributed by atoms with van der Waals surface area (Å²) in [4.78, 5) is 16.2. The number of esters is 1. The number of nitrogens with zero attached hydrogens (tertiary/aromatic N) is 1. The highest BCUT2D eigenvalue weighted by Crippen LogP contribution is 2.61. The number of pyridine rings is 1. The molecule has 1 aromatic carbocycles. The summed E-state index contributed by atoms with van der Waals surface area (Å²) in [7, 11) is 2.98. The highest BCUT2D eigenvalue weighted by molar-refractivity contribution is 5.90. The van der Waals surface area contributed by atoms with E-state index in [1.807, 2.05) is 12.1 Å². The molecule has 0 saturated heterocycles. The molecule has 0 amide bonds. The lowest BCUT2D eigenvalue weighted by atomic mass is 10.0. The van der Waals surface area contributed by atoms with E-state index in [2.05, 4.69) is 4.98 Å². The summed E-state index contributed by atoms with van der Waals surface area (Å²) in [6, 6.07) is 9.14. The van der Waals surface area contributed by atoms with Crippen LogP contribution in [0.4, 0.5) is 0 Å². The van der Waals surface area contributed by atoms with Gasteiger partial charge in [0.2, 0.25) is 5.88 Å². The minimum absolute atomic E-state index is 0.357. The minimum Gasteiger partial charge on any atom is -0.481 e. The average molecular weight is 297 g/mol. The Labute approximate surface area is 127 Å². The number of carbonyl (C=O) groups excluding carboxylic acids is 1. The van der Waals surface area contributed by atoms with Crippen molar-refractivity contribution in [3.05, 3.63) is 47.2 Å². The zero-order valence-electron chi connectivity index (χ0n) is 12.3. The van der Waals surface area contributed by atoms with Gasteiger partial charge in [0.25, 0.3) is 0 Å². The Hall–Kier alpha value is -2.56. The minimum atomic E-state index is -0.365. The third-order valence-corrected chi connectivity index (χ3v) is 4.27. The maximum Gasteiger partial charge on any atom is 0.337 e. The van der Waals surface area contributed by atoms with Gasteiger partial charge < -0.3 is 14.2 Å². The second-order valence-electron chi connectivity index (χ2n) is 5.53. The fraction of sp³-hybridized carbons (Fsp3) is 0.294. The first kappa shape index (κ1) is 13.1. The molecule has 22 heavy (non-hydrogen) atoms. The van der Waals surface area contributed by atoms with Crippen molar-refractivity contribution in [3.8, 4) is 17.4 Å². The van der Waals surface area contributed by atoms with E-state index in [-0.39, 0.29) is 5.97 Å². The van der Waals surface area contributed by atoms with Crippen molar-refractivity contribution in [2.45, 2.75) is 18.3 Å². The van der Waals surface area contributed by atoms with Gasteiger partial charge in [-0.1, -0.05) is 6.07 Å². The van der Waals surface area contributed by atoms with Gasteiger partial charge in [-0.05, 0) is 36.1 Å². The van der Waals surface area contributed by atoms with Crippen molar-refractivity contribution < 1.29 is 19.0 Å². The van der Waals surface area contributed by atoms with Crippen LogP contribution in [0.5, 0.6) is 17.4 Å². The third kappa shape index (κ3) is 1.93. The van der Waals surface area contributed by atoms with Crippen LogP contribution in [0.2, 0.25) is 0 Å². The first-order chi connectivity index (χ1) is 10.7. The topological polar surface area (TPSA) is 57.7 Å². The molecule has 112 valence electrons. The Morgan fingerprint density at radius 2 is 2.05 bits per heavy atom. The first-order valence-corrected chi connectivity index (χ1v) is 7.16. The molecular weight excluding hydrogens is 282 g/mol. The second-order valence-corrected chi connectivity index (χ2v) is 5.53. The van der Waals surface area contributed by atoms with Crippen molar-refractivity contribution >= 4 is 5.97 Å². The molecule has 5 heteroatoms. The summed E-state index contributed by atoms with van der Waals surface area (Å²) in [5, 5.41) is 0. The summed E-state index contributed by atoms with van der Waals surface area (Å²) >= 11 is 0.